The van der Waals surface area contributed by atoms with E-state index in [1.165, 1.54) is 5.56 Å². The number of hydrogen-bond donors (Lipinski definition) is 2. The second-order valence-corrected chi connectivity index (χ2v) is 3.81. The van der Waals surface area contributed by atoms with Gasteiger partial charge in [-0.3, -0.25) is 4.79 Å². The van der Waals surface area contributed by atoms with Gasteiger partial charge in [0.25, 0.3) is 5.56 Å². The molecule has 3 heteroatoms. The van der Waals surface area contributed by atoms with Crippen LogP contribution in [0.2, 0.25) is 0 Å². The zero-order valence-corrected chi connectivity index (χ0v) is 8.79. The normalized spacial score (nSPS) is 10.9. The highest BCUT2D eigenvalue weighted by molar-refractivity contribution is 5.80. The zero-order chi connectivity index (χ0) is 11.0. The van der Waals surface area contributed by atoms with E-state index in [1.807, 2.05) is 26.0 Å². The van der Waals surface area contributed by atoms with Crippen LogP contribution in [-0.2, 0) is 6.61 Å². The predicted octanol–water partition coefficient (Wildman–Crippen LogP) is 1.64. The first kappa shape index (κ1) is 9.93. The fraction of sp³-hybridized carbons (Fsp3) is 0.250. The van der Waals surface area contributed by atoms with Gasteiger partial charge in [0.05, 0.1) is 6.61 Å². The molecule has 1 heterocycles. The van der Waals surface area contributed by atoms with Gasteiger partial charge in [-0.05, 0) is 48.6 Å². The van der Waals surface area contributed by atoms with Crippen molar-refractivity contribution in [1.82, 2.24) is 4.98 Å². The molecule has 0 spiro atoms. The molecular weight excluding hydrogens is 190 g/mol. The Hall–Kier alpha value is -1.61. The van der Waals surface area contributed by atoms with Crippen molar-refractivity contribution < 1.29 is 5.11 Å². The third kappa shape index (κ3) is 1.66. The van der Waals surface area contributed by atoms with Crippen molar-refractivity contribution in [2.75, 3.05) is 0 Å². The summed E-state index contributed by atoms with van der Waals surface area (Å²) in [5.74, 6) is 0. The van der Waals surface area contributed by atoms with Crippen LogP contribution >= 0.6 is 0 Å². The molecule has 78 valence electrons. The smallest absolute Gasteiger partial charge is 0.253 e. The van der Waals surface area contributed by atoms with E-state index in [4.69, 9.17) is 5.11 Å². The number of aromatic amines is 1. The van der Waals surface area contributed by atoms with E-state index in [-0.39, 0.29) is 12.2 Å². The van der Waals surface area contributed by atoms with E-state index in [0.29, 0.717) is 5.56 Å². The van der Waals surface area contributed by atoms with Crippen LogP contribution in [0.3, 0.4) is 0 Å². The summed E-state index contributed by atoms with van der Waals surface area (Å²) in [6.07, 6.45) is 0. The van der Waals surface area contributed by atoms with Gasteiger partial charge in [-0.2, -0.15) is 0 Å². The van der Waals surface area contributed by atoms with Crippen molar-refractivity contribution in [1.29, 1.82) is 0 Å². The largest absolute Gasteiger partial charge is 0.391 e. The number of aliphatic hydroxyl groups excluding tert-OH is 1. The molecule has 2 N–H and O–H groups in total. The Morgan fingerprint density at radius 3 is 2.53 bits per heavy atom. The van der Waals surface area contributed by atoms with Crippen LogP contribution in [0, 0.1) is 13.8 Å². The zero-order valence-electron chi connectivity index (χ0n) is 8.79. The molecule has 0 unspecified atom stereocenters. The topological polar surface area (TPSA) is 53.1 Å². The van der Waals surface area contributed by atoms with E-state index >= 15 is 0 Å². The lowest BCUT2D eigenvalue weighted by atomic mass is 10.1. The van der Waals surface area contributed by atoms with Gasteiger partial charge in [0.1, 0.15) is 0 Å². The Bertz CT molecular complexity index is 570. The average Bonchev–Trinajstić information content (AvgIpc) is 2.20. The highest BCUT2D eigenvalue weighted by Crippen LogP contribution is 2.16. The first-order chi connectivity index (χ1) is 7.11. The van der Waals surface area contributed by atoms with E-state index < -0.39 is 0 Å². The lowest BCUT2D eigenvalue weighted by Crippen LogP contribution is -2.12. The molecule has 1 aromatic carbocycles. The molecule has 0 aliphatic carbocycles. The van der Waals surface area contributed by atoms with Crippen LogP contribution in [0.1, 0.15) is 16.7 Å². The van der Waals surface area contributed by atoms with Gasteiger partial charge in [0.2, 0.25) is 0 Å². The van der Waals surface area contributed by atoms with E-state index in [9.17, 15) is 4.79 Å². The summed E-state index contributed by atoms with van der Waals surface area (Å²) in [6, 6.07) is 5.70. The van der Waals surface area contributed by atoms with Crippen molar-refractivity contribution in [2.45, 2.75) is 20.5 Å². The molecule has 0 saturated carbocycles. The predicted molar refractivity (Wildman–Crippen MR) is 60.0 cm³/mol. The molecule has 0 bridgehead atoms. The van der Waals surface area contributed by atoms with Crippen LogP contribution in [0.15, 0.2) is 23.0 Å². The van der Waals surface area contributed by atoms with E-state index in [0.717, 1.165) is 16.5 Å². The summed E-state index contributed by atoms with van der Waals surface area (Å²) in [7, 11) is 0. The van der Waals surface area contributed by atoms with Crippen LogP contribution < -0.4 is 5.56 Å². The minimum absolute atomic E-state index is 0.215. The second-order valence-electron chi connectivity index (χ2n) is 3.81. The van der Waals surface area contributed by atoms with Gasteiger partial charge in [-0.1, -0.05) is 0 Å². The number of hydrogen-bond acceptors (Lipinski definition) is 2. The Morgan fingerprint density at radius 1 is 1.20 bits per heavy atom. The molecule has 0 radical (unpaired) electrons. The van der Waals surface area contributed by atoms with Crippen molar-refractivity contribution in [3.63, 3.8) is 0 Å². The minimum atomic E-state index is -0.224. The summed E-state index contributed by atoms with van der Waals surface area (Å²) < 4.78 is 0. The standard InChI is InChI=1S/C12H13NO2/c1-7-3-9-5-10(6-14)12(15)13-11(9)4-8(7)2/h3-5,14H,6H2,1-2H3,(H,13,15). The molecule has 0 aliphatic heterocycles. The van der Waals surface area contributed by atoms with E-state index in [1.54, 1.807) is 6.07 Å². The van der Waals surface area contributed by atoms with Crippen LogP contribution in [-0.4, -0.2) is 10.1 Å². The van der Waals surface area contributed by atoms with Crippen LogP contribution in [0.4, 0.5) is 0 Å². The Balaban J connectivity index is 2.82. The molecule has 1 aromatic heterocycles. The molecule has 0 atom stereocenters. The van der Waals surface area contributed by atoms with Crippen LogP contribution in [0.25, 0.3) is 10.9 Å². The number of fused-ring (bicyclic) bond motifs is 1. The molecule has 15 heavy (non-hydrogen) atoms. The first-order valence-electron chi connectivity index (χ1n) is 4.86. The number of nitrogens with one attached hydrogen (secondary N) is 1. The summed E-state index contributed by atoms with van der Waals surface area (Å²) in [5.41, 5.74) is 3.34. The maximum absolute atomic E-state index is 11.4. The summed E-state index contributed by atoms with van der Waals surface area (Å²) in [4.78, 5) is 14.2. The highest BCUT2D eigenvalue weighted by atomic mass is 16.3. The number of aromatic nitrogens is 1. The highest BCUT2D eigenvalue weighted by Gasteiger charge is 2.03. The Morgan fingerprint density at radius 2 is 1.87 bits per heavy atom. The van der Waals surface area contributed by atoms with Crippen molar-refractivity contribution in [3.05, 3.63) is 45.2 Å². The van der Waals surface area contributed by atoms with E-state index in [2.05, 4.69) is 4.98 Å². The number of H-pyrrole nitrogens is 1. The second kappa shape index (κ2) is 3.51. The number of benzene rings is 1. The fourth-order valence-electron chi connectivity index (χ4n) is 1.64. The molecule has 2 aromatic rings. The van der Waals surface area contributed by atoms with Gasteiger partial charge in [-0.25, -0.2) is 0 Å². The van der Waals surface area contributed by atoms with Crippen molar-refractivity contribution in [3.8, 4) is 0 Å². The number of rotatable bonds is 1. The van der Waals surface area contributed by atoms with Crippen LogP contribution in [0.5, 0.6) is 0 Å². The third-order valence-corrected chi connectivity index (χ3v) is 2.71. The molecule has 3 nitrogen and oxygen atoms in total. The maximum Gasteiger partial charge on any atom is 0.253 e. The molecular formula is C12H13NO2. The minimum Gasteiger partial charge on any atom is -0.391 e. The Labute approximate surface area is 87.4 Å². The molecule has 0 saturated heterocycles. The fourth-order valence-corrected chi connectivity index (χ4v) is 1.64. The molecule has 0 amide bonds. The summed E-state index contributed by atoms with van der Waals surface area (Å²) in [5, 5.41) is 9.94. The lowest BCUT2D eigenvalue weighted by molar-refractivity contribution is 0.280. The van der Waals surface area contributed by atoms with Gasteiger partial charge < -0.3 is 10.1 Å². The number of pyridine rings is 1. The number of aryl methyl sites for hydroxylation is 2. The average molecular weight is 203 g/mol. The van der Waals surface area contributed by atoms with Crippen molar-refractivity contribution >= 4 is 10.9 Å². The SMILES string of the molecule is Cc1cc2cc(CO)c(=O)[nH]c2cc1C. The first-order valence-corrected chi connectivity index (χ1v) is 4.86. The summed E-state index contributed by atoms with van der Waals surface area (Å²) >= 11 is 0. The van der Waals surface area contributed by atoms with Gasteiger partial charge in [0, 0.05) is 11.1 Å². The van der Waals surface area contributed by atoms with Gasteiger partial charge in [-0.15, -0.1) is 0 Å². The maximum atomic E-state index is 11.4. The quantitative estimate of drug-likeness (QED) is 0.740. The van der Waals surface area contributed by atoms with Crippen molar-refractivity contribution in [2.24, 2.45) is 0 Å². The van der Waals surface area contributed by atoms with Gasteiger partial charge >= 0.3 is 0 Å². The molecule has 0 aliphatic rings. The van der Waals surface area contributed by atoms with Gasteiger partial charge in [0.15, 0.2) is 0 Å². The summed E-state index contributed by atoms with van der Waals surface area (Å²) in [6.45, 7) is 3.81. The molecule has 2 rings (SSSR count). The Kier molecular flexibility index (Phi) is 2.32. The third-order valence-electron chi connectivity index (χ3n) is 2.71. The number of aliphatic hydroxyl groups is 1. The lowest BCUT2D eigenvalue weighted by Gasteiger charge is -2.04. The molecule has 0 fully saturated rings. The monoisotopic (exact) mass is 203 g/mol.